The number of carbonyl (C=O) groups is 1. The molecular formula is C11H22N2O5S. The Balaban J connectivity index is 2.53. The molecule has 1 fully saturated rings. The summed E-state index contributed by atoms with van der Waals surface area (Å²) in [5.74, 6) is -0.655. The number of piperidine rings is 1. The lowest BCUT2D eigenvalue weighted by Gasteiger charge is -2.30. The fraction of sp³-hybridized carbons (Fsp3) is 0.909. The van der Waals surface area contributed by atoms with E-state index in [2.05, 4.69) is 11.6 Å². The first-order valence-corrected chi connectivity index (χ1v) is 7.75. The second kappa shape index (κ2) is 6.17. The van der Waals surface area contributed by atoms with Crippen LogP contribution in [0.2, 0.25) is 0 Å². The fourth-order valence-electron chi connectivity index (χ4n) is 1.95. The monoisotopic (exact) mass is 294 g/mol. The maximum atomic E-state index is 12.0. The van der Waals surface area contributed by atoms with Crippen LogP contribution in [0.15, 0.2) is 0 Å². The van der Waals surface area contributed by atoms with Gasteiger partial charge in [-0.15, -0.1) is 0 Å². The molecule has 8 heteroatoms. The van der Waals surface area contributed by atoms with E-state index in [0.29, 0.717) is 19.0 Å². The van der Waals surface area contributed by atoms with Crippen LogP contribution in [0.3, 0.4) is 0 Å². The van der Waals surface area contributed by atoms with Gasteiger partial charge in [-0.05, 0) is 25.7 Å². The molecule has 0 aliphatic carbocycles. The Kier molecular flexibility index (Phi) is 5.31. The van der Waals surface area contributed by atoms with Gasteiger partial charge in [0.15, 0.2) is 0 Å². The van der Waals surface area contributed by atoms with E-state index >= 15 is 0 Å². The first-order valence-electron chi connectivity index (χ1n) is 6.31. The van der Waals surface area contributed by atoms with Crippen LogP contribution < -0.4 is 4.72 Å². The summed E-state index contributed by atoms with van der Waals surface area (Å²) in [5.41, 5.74) is -1.60. The van der Waals surface area contributed by atoms with Crippen LogP contribution in [-0.2, 0) is 15.0 Å². The van der Waals surface area contributed by atoms with Gasteiger partial charge in [0.05, 0.1) is 12.0 Å². The van der Waals surface area contributed by atoms with Crippen molar-refractivity contribution in [2.45, 2.75) is 38.7 Å². The molecule has 1 heterocycles. The molecule has 1 aliphatic rings. The Hall–Kier alpha value is -0.700. The average molecular weight is 294 g/mol. The Morgan fingerprint density at radius 2 is 1.95 bits per heavy atom. The number of carboxylic acids is 1. The first kappa shape index (κ1) is 16.4. The number of carboxylic acid groups (broad SMARTS) is 1. The van der Waals surface area contributed by atoms with E-state index in [1.807, 2.05) is 0 Å². The van der Waals surface area contributed by atoms with Crippen molar-refractivity contribution >= 4 is 16.2 Å². The highest BCUT2D eigenvalue weighted by molar-refractivity contribution is 7.87. The van der Waals surface area contributed by atoms with Crippen LogP contribution >= 0.6 is 0 Å². The van der Waals surface area contributed by atoms with Crippen LogP contribution in [0.1, 0.15) is 33.1 Å². The van der Waals surface area contributed by atoms with Gasteiger partial charge in [0.2, 0.25) is 0 Å². The van der Waals surface area contributed by atoms with Gasteiger partial charge < -0.3 is 10.2 Å². The summed E-state index contributed by atoms with van der Waals surface area (Å²) in [4.78, 5) is 10.5. The maximum absolute atomic E-state index is 12.0. The molecule has 1 saturated heterocycles. The van der Waals surface area contributed by atoms with Crippen molar-refractivity contribution in [1.29, 1.82) is 0 Å². The number of rotatable bonds is 6. The van der Waals surface area contributed by atoms with Gasteiger partial charge in [-0.3, -0.25) is 4.79 Å². The van der Waals surface area contributed by atoms with Crippen molar-refractivity contribution in [3.63, 3.8) is 0 Å². The molecule has 1 unspecified atom stereocenters. The van der Waals surface area contributed by atoms with Gasteiger partial charge in [-0.2, -0.15) is 17.4 Å². The van der Waals surface area contributed by atoms with Gasteiger partial charge in [-0.1, -0.05) is 6.92 Å². The summed E-state index contributed by atoms with van der Waals surface area (Å²) >= 11 is 0. The van der Waals surface area contributed by atoms with E-state index in [1.54, 1.807) is 0 Å². The summed E-state index contributed by atoms with van der Waals surface area (Å²) in [6.07, 6.45) is 1.12. The molecule has 0 spiro atoms. The molecule has 19 heavy (non-hydrogen) atoms. The SMILES string of the molecule is CC1CCN(S(=O)(=O)NCC(C)(O)CC(=O)O)CC1. The number of hydrogen-bond acceptors (Lipinski definition) is 4. The molecule has 112 valence electrons. The predicted molar refractivity (Wildman–Crippen MR) is 69.8 cm³/mol. The molecule has 0 radical (unpaired) electrons. The molecule has 0 amide bonds. The molecule has 1 atom stereocenters. The third-order valence-corrected chi connectivity index (χ3v) is 4.80. The first-order chi connectivity index (χ1) is 8.62. The Bertz CT molecular complexity index is 413. The quantitative estimate of drug-likeness (QED) is 0.628. The zero-order valence-corrected chi connectivity index (χ0v) is 12.1. The highest BCUT2D eigenvalue weighted by Crippen LogP contribution is 2.18. The van der Waals surface area contributed by atoms with Crippen molar-refractivity contribution in [2.75, 3.05) is 19.6 Å². The number of aliphatic carboxylic acids is 1. The van der Waals surface area contributed by atoms with E-state index in [0.717, 1.165) is 12.8 Å². The molecular weight excluding hydrogens is 272 g/mol. The number of hydrogen-bond donors (Lipinski definition) is 3. The second-order valence-corrected chi connectivity index (χ2v) is 7.23. The highest BCUT2D eigenvalue weighted by atomic mass is 32.2. The zero-order valence-electron chi connectivity index (χ0n) is 11.3. The van der Waals surface area contributed by atoms with Crippen LogP contribution in [0.5, 0.6) is 0 Å². The third kappa shape index (κ3) is 5.43. The summed E-state index contributed by atoms with van der Waals surface area (Å²) in [5, 5.41) is 18.4. The van der Waals surface area contributed by atoms with Crippen molar-refractivity contribution < 1.29 is 23.4 Å². The highest BCUT2D eigenvalue weighted by Gasteiger charge is 2.30. The molecule has 0 aromatic carbocycles. The Labute approximate surface area is 113 Å². The maximum Gasteiger partial charge on any atom is 0.306 e. The van der Waals surface area contributed by atoms with Gasteiger partial charge in [0.25, 0.3) is 10.2 Å². The van der Waals surface area contributed by atoms with Crippen LogP contribution in [0, 0.1) is 5.92 Å². The molecule has 3 N–H and O–H groups in total. The summed E-state index contributed by atoms with van der Waals surface area (Å²) in [6, 6.07) is 0. The molecule has 0 aromatic heterocycles. The topological polar surface area (TPSA) is 107 Å². The third-order valence-electron chi connectivity index (χ3n) is 3.25. The lowest BCUT2D eigenvalue weighted by atomic mass is 10.0. The molecule has 0 saturated carbocycles. The van der Waals surface area contributed by atoms with Gasteiger partial charge >= 0.3 is 5.97 Å². The predicted octanol–water partition coefficient (Wildman–Crippen LogP) is -0.222. The number of nitrogens with zero attached hydrogens (tertiary/aromatic N) is 1. The summed E-state index contributed by atoms with van der Waals surface area (Å²) in [6.45, 7) is 3.97. The molecule has 0 bridgehead atoms. The normalized spacial score (nSPS) is 22.1. The minimum Gasteiger partial charge on any atom is -0.481 e. The van der Waals surface area contributed by atoms with E-state index in [1.165, 1.54) is 11.2 Å². The summed E-state index contributed by atoms with van der Waals surface area (Å²) in [7, 11) is -3.65. The summed E-state index contributed by atoms with van der Waals surface area (Å²) < 4.78 is 27.6. The largest absolute Gasteiger partial charge is 0.481 e. The minimum atomic E-state index is -3.65. The minimum absolute atomic E-state index is 0.312. The van der Waals surface area contributed by atoms with Crippen molar-refractivity contribution in [1.82, 2.24) is 9.03 Å². The van der Waals surface area contributed by atoms with Crippen molar-refractivity contribution in [3.05, 3.63) is 0 Å². The van der Waals surface area contributed by atoms with E-state index < -0.39 is 28.2 Å². The van der Waals surface area contributed by atoms with Crippen LogP contribution in [0.25, 0.3) is 0 Å². The van der Waals surface area contributed by atoms with E-state index in [-0.39, 0.29) is 6.54 Å². The fourth-order valence-corrected chi connectivity index (χ4v) is 3.32. The number of nitrogens with one attached hydrogen (secondary N) is 1. The van der Waals surface area contributed by atoms with Gasteiger partial charge in [0.1, 0.15) is 0 Å². The van der Waals surface area contributed by atoms with Gasteiger partial charge in [-0.25, -0.2) is 0 Å². The van der Waals surface area contributed by atoms with Crippen LogP contribution in [0.4, 0.5) is 0 Å². The molecule has 0 aromatic rings. The molecule has 1 rings (SSSR count). The Morgan fingerprint density at radius 1 is 1.42 bits per heavy atom. The molecule has 1 aliphatic heterocycles. The van der Waals surface area contributed by atoms with E-state index in [4.69, 9.17) is 5.11 Å². The molecule has 7 nitrogen and oxygen atoms in total. The van der Waals surface area contributed by atoms with Crippen molar-refractivity contribution in [3.8, 4) is 0 Å². The lowest BCUT2D eigenvalue weighted by molar-refractivity contribution is -0.141. The smallest absolute Gasteiger partial charge is 0.306 e. The van der Waals surface area contributed by atoms with Crippen LogP contribution in [-0.4, -0.2) is 54.1 Å². The van der Waals surface area contributed by atoms with Crippen molar-refractivity contribution in [2.24, 2.45) is 5.92 Å². The van der Waals surface area contributed by atoms with E-state index in [9.17, 15) is 18.3 Å². The second-order valence-electron chi connectivity index (χ2n) is 5.48. The van der Waals surface area contributed by atoms with Gasteiger partial charge in [0, 0.05) is 19.6 Å². The number of aliphatic hydroxyl groups is 1. The zero-order chi connectivity index (χ0) is 14.7. The average Bonchev–Trinajstić information content (AvgIpc) is 2.26. The Morgan fingerprint density at radius 3 is 2.42 bits per heavy atom. The lowest BCUT2D eigenvalue weighted by Crippen LogP contribution is -2.49. The standard InChI is InChI=1S/C11H22N2O5S/c1-9-3-5-13(6-4-9)19(17,18)12-8-11(2,16)7-10(14)15/h9,12,16H,3-8H2,1-2H3,(H,14,15).